The van der Waals surface area contributed by atoms with Crippen LogP contribution in [0.3, 0.4) is 0 Å². The second kappa shape index (κ2) is 4.81. The van der Waals surface area contributed by atoms with Crippen LogP contribution in [0, 0.1) is 0 Å². The summed E-state index contributed by atoms with van der Waals surface area (Å²) in [6, 6.07) is 7.54. The number of nitrogens with one attached hydrogen (secondary N) is 1. The Morgan fingerprint density at radius 1 is 1.17 bits per heavy atom. The molecule has 0 aliphatic carbocycles. The van der Waals surface area contributed by atoms with Crippen LogP contribution in [0.2, 0.25) is 0 Å². The Kier molecular flexibility index (Phi) is 3.16. The third kappa shape index (κ3) is 2.32. The van der Waals surface area contributed by atoms with Crippen LogP contribution in [0.15, 0.2) is 18.2 Å². The first-order valence-corrected chi connectivity index (χ1v) is 7.05. The fourth-order valence-corrected chi connectivity index (χ4v) is 2.90. The van der Waals surface area contributed by atoms with Gasteiger partial charge < -0.3 is 15.1 Å². The Morgan fingerprint density at radius 2 is 1.94 bits per heavy atom. The molecule has 2 aliphatic heterocycles. The zero-order chi connectivity index (χ0) is 12.5. The van der Waals surface area contributed by atoms with Crippen LogP contribution in [-0.2, 0) is 6.42 Å². The number of hydrogen-bond acceptors (Lipinski definition) is 3. The third-order valence-electron chi connectivity index (χ3n) is 4.21. The molecule has 0 amide bonds. The Balaban J connectivity index is 1.78. The summed E-state index contributed by atoms with van der Waals surface area (Å²) < 4.78 is 0. The molecule has 1 N–H and O–H groups in total. The molecule has 98 valence electrons. The molecule has 0 bridgehead atoms. The number of likely N-dealkylation sites (N-methyl/N-ethyl adjacent to an activating group) is 1. The van der Waals surface area contributed by atoms with Crippen LogP contribution >= 0.6 is 0 Å². The van der Waals surface area contributed by atoms with E-state index in [9.17, 15) is 0 Å². The van der Waals surface area contributed by atoms with Gasteiger partial charge in [-0.25, -0.2) is 0 Å². The smallest absolute Gasteiger partial charge is 0.0376 e. The van der Waals surface area contributed by atoms with Crippen LogP contribution in [0.5, 0.6) is 0 Å². The Labute approximate surface area is 110 Å². The van der Waals surface area contributed by atoms with Gasteiger partial charge in [-0.1, -0.05) is 0 Å². The normalized spacial score (nSPS) is 24.6. The minimum atomic E-state index is 0.618. The highest BCUT2D eigenvalue weighted by Crippen LogP contribution is 2.29. The van der Waals surface area contributed by atoms with Crippen molar-refractivity contribution >= 4 is 11.4 Å². The van der Waals surface area contributed by atoms with E-state index in [-0.39, 0.29) is 0 Å². The van der Waals surface area contributed by atoms with Crippen molar-refractivity contribution in [2.75, 3.05) is 43.4 Å². The lowest BCUT2D eigenvalue weighted by Gasteiger charge is -2.35. The molecule has 2 heterocycles. The van der Waals surface area contributed by atoms with Gasteiger partial charge in [-0.2, -0.15) is 0 Å². The van der Waals surface area contributed by atoms with Crippen molar-refractivity contribution in [2.24, 2.45) is 0 Å². The SMILES string of the molecule is CC1CCc2cc(N3CCN(C)CC3)ccc2N1. The minimum Gasteiger partial charge on any atom is -0.382 e. The van der Waals surface area contributed by atoms with E-state index in [1.165, 1.54) is 42.9 Å². The third-order valence-corrected chi connectivity index (χ3v) is 4.21. The van der Waals surface area contributed by atoms with Gasteiger partial charge in [-0.3, -0.25) is 0 Å². The van der Waals surface area contributed by atoms with E-state index in [4.69, 9.17) is 0 Å². The lowest BCUT2D eigenvalue weighted by atomic mass is 9.98. The number of benzene rings is 1. The van der Waals surface area contributed by atoms with Crippen molar-refractivity contribution in [1.82, 2.24) is 4.90 Å². The van der Waals surface area contributed by atoms with Crippen LogP contribution in [-0.4, -0.2) is 44.2 Å². The van der Waals surface area contributed by atoms with Crippen molar-refractivity contribution in [3.05, 3.63) is 23.8 Å². The second-order valence-electron chi connectivity index (χ2n) is 5.72. The average molecular weight is 245 g/mol. The van der Waals surface area contributed by atoms with E-state index in [2.05, 4.69) is 47.3 Å². The van der Waals surface area contributed by atoms with Gasteiger partial charge in [0.25, 0.3) is 0 Å². The van der Waals surface area contributed by atoms with Crippen LogP contribution < -0.4 is 10.2 Å². The summed E-state index contributed by atoms with van der Waals surface area (Å²) in [6.07, 6.45) is 2.46. The molecule has 3 rings (SSSR count). The standard InChI is InChI=1S/C15H23N3/c1-12-3-4-13-11-14(5-6-15(13)16-12)18-9-7-17(2)8-10-18/h5-6,11-12,16H,3-4,7-10H2,1-2H3. The highest BCUT2D eigenvalue weighted by Gasteiger charge is 2.18. The van der Waals surface area contributed by atoms with E-state index in [0.29, 0.717) is 6.04 Å². The van der Waals surface area contributed by atoms with Crippen molar-refractivity contribution in [2.45, 2.75) is 25.8 Å². The predicted molar refractivity (Wildman–Crippen MR) is 77.6 cm³/mol. The lowest BCUT2D eigenvalue weighted by Crippen LogP contribution is -2.44. The Morgan fingerprint density at radius 3 is 2.72 bits per heavy atom. The number of aryl methyl sites for hydroxylation is 1. The fraction of sp³-hybridized carbons (Fsp3) is 0.600. The molecule has 1 atom stereocenters. The van der Waals surface area contributed by atoms with Gasteiger partial charge in [0.2, 0.25) is 0 Å². The van der Waals surface area contributed by atoms with E-state index in [1.807, 2.05) is 0 Å². The first kappa shape index (κ1) is 11.8. The van der Waals surface area contributed by atoms with E-state index >= 15 is 0 Å². The number of fused-ring (bicyclic) bond motifs is 1. The highest BCUT2D eigenvalue weighted by atomic mass is 15.2. The van der Waals surface area contributed by atoms with Gasteiger partial charge in [0.05, 0.1) is 0 Å². The molecule has 1 saturated heterocycles. The molecule has 3 heteroatoms. The van der Waals surface area contributed by atoms with E-state index in [1.54, 1.807) is 0 Å². The molecule has 0 spiro atoms. The van der Waals surface area contributed by atoms with Crippen molar-refractivity contribution in [3.63, 3.8) is 0 Å². The number of anilines is 2. The fourth-order valence-electron chi connectivity index (χ4n) is 2.90. The molecule has 2 aliphatic rings. The summed E-state index contributed by atoms with van der Waals surface area (Å²) in [5.74, 6) is 0. The first-order chi connectivity index (χ1) is 8.72. The second-order valence-corrected chi connectivity index (χ2v) is 5.72. The Hall–Kier alpha value is -1.22. The molecule has 0 aromatic heterocycles. The average Bonchev–Trinajstić information content (AvgIpc) is 2.39. The molecule has 1 aromatic carbocycles. The molecular weight excluding hydrogens is 222 g/mol. The van der Waals surface area contributed by atoms with Crippen LogP contribution in [0.4, 0.5) is 11.4 Å². The molecule has 1 fully saturated rings. The summed E-state index contributed by atoms with van der Waals surface area (Å²) in [5.41, 5.74) is 4.23. The molecule has 1 aromatic rings. The first-order valence-electron chi connectivity index (χ1n) is 7.05. The maximum Gasteiger partial charge on any atom is 0.0376 e. The summed E-state index contributed by atoms with van der Waals surface area (Å²) in [6.45, 7) is 6.91. The molecule has 3 nitrogen and oxygen atoms in total. The van der Waals surface area contributed by atoms with Crippen molar-refractivity contribution in [1.29, 1.82) is 0 Å². The number of rotatable bonds is 1. The monoisotopic (exact) mass is 245 g/mol. The number of hydrogen-bond donors (Lipinski definition) is 1. The summed E-state index contributed by atoms with van der Waals surface area (Å²) in [4.78, 5) is 4.91. The molecule has 0 radical (unpaired) electrons. The summed E-state index contributed by atoms with van der Waals surface area (Å²) in [7, 11) is 2.20. The highest BCUT2D eigenvalue weighted by molar-refractivity contribution is 5.62. The van der Waals surface area contributed by atoms with Crippen LogP contribution in [0.25, 0.3) is 0 Å². The predicted octanol–water partition coefficient (Wildman–Crippen LogP) is 2.19. The molecule has 18 heavy (non-hydrogen) atoms. The molecule has 0 saturated carbocycles. The van der Waals surface area contributed by atoms with Gasteiger partial charge in [-0.15, -0.1) is 0 Å². The van der Waals surface area contributed by atoms with Gasteiger partial charge in [0.1, 0.15) is 0 Å². The van der Waals surface area contributed by atoms with Gasteiger partial charge in [0, 0.05) is 43.6 Å². The topological polar surface area (TPSA) is 18.5 Å². The summed E-state index contributed by atoms with van der Waals surface area (Å²) in [5, 5.41) is 3.57. The van der Waals surface area contributed by atoms with Crippen LogP contribution in [0.1, 0.15) is 18.9 Å². The quantitative estimate of drug-likeness (QED) is 0.818. The van der Waals surface area contributed by atoms with E-state index < -0.39 is 0 Å². The zero-order valence-corrected chi connectivity index (χ0v) is 11.4. The van der Waals surface area contributed by atoms with Gasteiger partial charge >= 0.3 is 0 Å². The van der Waals surface area contributed by atoms with Crippen molar-refractivity contribution < 1.29 is 0 Å². The Bertz CT molecular complexity index is 422. The number of piperazine rings is 1. The molecular formula is C15H23N3. The van der Waals surface area contributed by atoms with Gasteiger partial charge in [-0.05, 0) is 50.6 Å². The zero-order valence-electron chi connectivity index (χ0n) is 11.4. The number of nitrogens with zero attached hydrogens (tertiary/aromatic N) is 2. The summed E-state index contributed by atoms with van der Waals surface area (Å²) >= 11 is 0. The maximum atomic E-state index is 3.57. The van der Waals surface area contributed by atoms with Gasteiger partial charge in [0.15, 0.2) is 0 Å². The van der Waals surface area contributed by atoms with Crippen molar-refractivity contribution in [3.8, 4) is 0 Å². The van der Waals surface area contributed by atoms with E-state index in [0.717, 1.165) is 13.1 Å². The minimum absolute atomic E-state index is 0.618. The molecule has 1 unspecified atom stereocenters. The lowest BCUT2D eigenvalue weighted by molar-refractivity contribution is 0.313. The maximum absolute atomic E-state index is 3.57. The largest absolute Gasteiger partial charge is 0.382 e.